The molecule has 7 aromatic rings. The molecule has 0 saturated carbocycles. The van der Waals surface area contributed by atoms with Crippen LogP contribution in [0.25, 0.3) is 66.8 Å². The first kappa shape index (κ1) is 39.3. The summed E-state index contributed by atoms with van der Waals surface area (Å²) in [5.41, 5.74) is 15.1. The molecule has 0 radical (unpaired) electrons. The molecular formula is C50H55N9O. The Kier molecular flexibility index (Phi) is 10.6. The number of hydrogen-bond donors (Lipinski definition) is 0. The van der Waals surface area contributed by atoms with E-state index in [1.54, 1.807) is 7.11 Å². The van der Waals surface area contributed by atoms with Crippen molar-refractivity contribution in [3.63, 3.8) is 0 Å². The lowest BCUT2D eigenvalue weighted by Gasteiger charge is -2.38. The van der Waals surface area contributed by atoms with Crippen LogP contribution in [0, 0.1) is 11.3 Å². The van der Waals surface area contributed by atoms with Crippen LogP contribution in [0.15, 0.2) is 97.3 Å². The molecule has 4 aromatic heterocycles. The van der Waals surface area contributed by atoms with E-state index in [1.807, 2.05) is 24.5 Å². The Hall–Kier alpha value is -6.15. The van der Waals surface area contributed by atoms with Crippen LogP contribution < -0.4 is 14.5 Å². The van der Waals surface area contributed by atoms with E-state index in [0.29, 0.717) is 23.4 Å². The van der Waals surface area contributed by atoms with Gasteiger partial charge in [0.05, 0.1) is 46.1 Å². The number of methoxy groups -OCH3 is 1. The van der Waals surface area contributed by atoms with Gasteiger partial charge in [-0.3, -0.25) is 19.8 Å². The normalized spacial score (nSPS) is 15.5. The summed E-state index contributed by atoms with van der Waals surface area (Å²) in [5, 5.41) is 10.2. The minimum Gasteiger partial charge on any atom is -0.495 e. The number of benzene rings is 3. The average Bonchev–Trinajstić information content (AvgIpc) is 3.80. The lowest BCUT2D eigenvalue weighted by atomic mass is 9.98. The van der Waals surface area contributed by atoms with Crippen molar-refractivity contribution in [1.29, 1.82) is 5.26 Å². The number of aryl methyl sites for hydroxylation is 2. The first-order valence-electron chi connectivity index (χ1n) is 21.3. The molecule has 60 heavy (non-hydrogen) atoms. The summed E-state index contributed by atoms with van der Waals surface area (Å²) in [4.78, 5) is 20.0. The quantitative estimate of drug-likeness (QED) is 0.143. The number of piperazine rings is 2. The van der Waals surface area contributed by atoms with Crippen molar-refractivity contribution in [1.82, 2.24) is 28.9 Å². The number of nitriles is 1. The maximum Gasteiger partial charge on any atom is 0.137 e. The van der Waals surface area contributed by atoms with E-state index < -0.39 is 0 Å². The molecule has 0 N–H and O–H groups in total. The van der Waals surface area contributed by atoms with Gasteiger partial charge in [-0.25, -0.2) is 0 Å². The van der Waals surface area contributed by atoms with Crippen molar-refractivity contribution in [2.24, 2.45) is 14.1 Å². The van der Waals surface area contributed by atoms with Gasteiger partial charge >= 0.3 is 0 Å². The number of anilines is 2. The molecule has 0 spiro atoms. The molecule has 0 bridgehead atoms. The van der Waals surface area contributed by atoms with E-state index in [0.717, 1.165) is 119 Å². The van der Waals surface area contributed by atoms with Gasteiger partial charge in [0.15, 0.2) is 0 Å². The SMILES string of the molecule is COc1cc(-c2cc3ncc(-c4ccc(N5CCN(C(C)C)CC5)cc4)cc3n2C)c(-c2cc3ncc(-c4ccc(N5CCN(C(C)C)CC5)cc4)cc3n2C)cc1C#N. The molecule has 2 aliphatic rings. The maximum atomic E-state index is 10.2. The number of ether oxygens (including phenoxy) is 1. The third-order valence-electron chi connectivity index (χ3n) is 13.0. The standard InChI is InChI=1S/C50H55N9O/c1-33(2)56-16-20-58(21-17-56)40-12-8-35(9-13-40)38-25-48-44(52-31-38)28-46(54(48)5)42-24-37(30-51)50(60-7)27-43(42)47-29-45-49(55(47)6)26-39(32-53-45)36-10-14-41(15-11-36)59-22-18-57(19-23-59)34(3)4/h8-15,24-29,31-34H,16-23H2,1-7H3. The molecule has 2 aliphatic heterocycles. The Bertz CT molecular complexity index is 2700. The fourth-order valence-electron chi connectivity index (χ4n) is 9.21. The summed E-state index contributed by atoms with van der Waals surface area (Å²) >= 11 is 0. The molecule has 2 saturated heterocycles. The Morgan fingerprint density at radius 1 is 0.550 bits per heavy atom. The highest BCUT2D eigenvalue weighted by Crippen LogP contribution is 2.41. The fraction of sp³-hybridized carbons (Fsp3) is 0.340. The zero-order chi connectivity index (χ0) is 41.7. The van der Waals surface area contributed by atoms with Crippen LogP contribution in [0.5, 0.6) is 5.75 Å². The van der Waals surface area contributed by atoms with Crippen molar-refractivity contribution in [2.75, 3.05) is 69.3 Å². The van der Waals surface area contributed by atoms with Gasteiger partial charge in [0.2, 0.25) is 0 Å². The summed E-state index contributed by atoms with van der Waals surface area (Å²) in [6.45, 7) is 17.6. The lowest BCUT2D eigenvalue weighted by molar-refractivity contribution is 0.209. The van der Waals surface area contributed by atoms with Crippen molar-refractivity contribution in [3.8, 4) is 56.6 Å². The molecule has 0 aliphatic carbocycles. The van der Waals surface area contributed by atoms with E-state index in [4.69, 9.17) is 14.7 Å². The van der Waals surface area contributed by atoms with Crippen LogP contribution >= 0.6 is 0 Å². The van der Waals surface area contributed by atoms with E-state index >= 15 is 0 Å². The summed E-state index contributed by atoms with van der Waals surface area (Å²) in [7, 11) is 5.78. The number of hydrogen-bond acceptors (Lipinski definition) is 8. The smallest absolute Gasteiger partial charge is 0.137 e. The van der Waals surface area contributed by atoms with Crippen LogP contribution in [-0.4, -0.2) is 100 Å². The van der Waals surface area contributed by atoms with E-state index in [-0.39, 0.29) is 0 Å². The third kappa shape index (κ3) is 7.26. The predicted molar refractivity (Wildman–Crippen MR) is 246 cm³/mol. The highest BCUT2D eigenvalue weighted by atomic mass is 16.5. The number of pyridine rings is 2. The minimum absolute atomic E-state index is 0.477. The van der Waals surface area contributed by atoms with Gasteiger partial charge in [-0.05, 0) is 99.5 Å². The number of nitrogens with zero attached hydrogens (tertiary/aromatic N) is 9. The minimum atomic E-state index is 0.477. The topological polar surface area (TPSA) is 81.6 Å². The highest BCUT2D eigenvalue weighted by molar-refractivity contribution is 5.95. The fourth-order valence-corrected chi connectivity index (χ4v) is 9.21. The summed E-state index contributed by atoms with van der Waals surface area (Å²) < 4.78 is 10.2. The molecule has 10 heteroatoms. The van der Waals surface area contributed by atoms with Crippen LogP contribution in [0.3, 0.4) is 0 Å². The molecule has 2 fully saturated rings. The van der Waals surface area contributed by atoms with E-state index in [1.165, 1.54) is 11.4 Å². The summed E-state index contributed by atoms with van der Waals surface area (Å²) in [5.74, 6) is 0.533. The largest absolute Gasteiger partial charge is 0.495 e. The van der Waals surface area contributed by atoms with Crippen molar-refractivity contribution in [2.45, 2.75) is 39.8 Å². The maximum absolute atomic E-state index is 10.2. The Morgan fingerprint density at radius 2 is 0.967 bits per heavy atom. The number of rotatable bonds is 9. The third-order valence-corrected chi connectivity index (χ3v) is 13.0. The van der Waals surface area contributed by atoms with E-state index in [2.05, 4.69) is 149 Å². The van der Waals surface area contributed by atoms with Crippen molar-refractivity contribution >= 4 is 33.4 Å². The molecule has 3 aromatic carbocycles. The van der Waals surface area contributed by atoms with E-state index in [9.17, 15) is 5.26 Å². The Balaban J connectivity index is 1.03. The monoisotopic (exact) mass is 797 g/mol. The zero-order valence-corrected chi connectivity index (χ0v) is 36.0. The van der Waals surface area contributed by atoms with Gasteiger partial charge in [-0.15, -0.1) is 0 Å². The summed E-state index contributed by atoms with van der Waals surface area (Å²) in [6.07, 6.45) is 3.93. The van der Waals surface area contributed by atoms with Crippen molar-refractivity contribution in [3.05, 3.63) is 103 Å². The van der Waals surface area contributed by atoms with Crippen LogP contribution in [0.2, 0.25) is 0 Å². The van der Waals surface area contributed by atoms with Crippen LogP contribution in [-0.2, 0) is 14.1 Å². The molecule has 10 nitrogen and oxygen atoms in total. The predicted octanol–water partition coefficient (Wildman–Crippen LogP) is 9.07. The highest BCUT2D eigenvalue weighted by Gasteiger charge is 2.23. The molecule has 0 amide bonds. The van der Waals surface area contributed by atoms with Gasteiger partial charge in [0.25, 0.3) is 0 Å². The Morgan fingerprint density at radius 3 is 1.35 bits per heavy atom. The first-order valence-corrected chi connectivity index (χ1v) is 21.3. The van der Waals surface area contributed by atoms with Crippen molar-refractivity contribution < 1.29 is 4.74 Å². The van der Waals surface area contributed by atoms with Gasteiger partial charge in [0.1, 0.15) is 11.8 Å². The van der Waals surface area contributed by atoms with Crippen LogP contribution in [0.1, 0.15) is 33.3 Å². The molecule has 9 rings (SSSR count). The second-order valence-electron chi connectivity index (χ2n) is 17.0. The van der Waals surface area contributed by atoms with Crippen LogP contribution in [0.4, 0.5) is 11.4 Å². The second-order valence-corrected chi connectivity index (χ2v) is 17.0. The van der Waals surface area contributed by atoms with Gasteiger partial charge in [0, 0.05) is 125 Å². The molecule has 6 heterocycles. The number of aromatic nitrogens is 4. The number of fused-ring (bicyclic) bond motifs is 2. The van der Waals surface area contributed by atoms with Gasteiger partial charge < -0.3 is 23.7 Å². The first-order chi connectivity index (χ1) is 29.1. The molecular weight excluding hydrogens is 743 g/mol. The summed E-state index contributed by atoms with van der Waals surface area (Å²) in [6, 6.07) is 34.0. The van der Waals surface area contributed by atoms with Gasteiger partial charge in [-0.1, -0.05) is 24.3 Å². The zero-order valence-electron chi connectivity index (χ0n) is 36.0. The Labute approximate surface area is 353 Å². The second kappa shape index (κ2) is 16.1. The average molecular weight is 798 g/mol. The molecule has 0 atom stereocenters. The molecule has 306 valence electrons. The lowest BCUT2D eigenvalue weighted by Crippen LogP contribution is -2.48. The molecule has 0 unspecified atom stereocenters. The van der Waals surface area contributed by atoms with Gasteiger partial charge in [-0.2, -0.15) is 5.26 Å².